The van der Waals surface area contributed by atoms with Gasteiger partial charge in [-0.1, -0.05) is 87.5 Å². The highest BCUT2D eigenvalue weighted by atomic mass is 31.2. The van der Waals surface area contributed by atoms with Crippen LogP contribution in [0.2, 0.25) is 5.04 Å². The van der Waals surface area contributed by atoms with Crippen LogP contribution in [0.1, 0.15) is 55.4 Å². The number of allylic oxidation sites excluding steroid dienone is 1. The van der Waals surface area contributed by atoms with Crippen molar-refractivity contribution in [2.24, 2.45) is 0 Å². The summed E-state index contributed by atoms with van der Waals surface area (Å²) in [5, 5.41) is 2.35. The van der Waals surface area contributed by atoms with E-state index < -0.39 is 15.9 Å². The summed E-state index contributed by atoms with van der Waals surface area (Å²) >= 11 is 0. The second kappa shape index (κ2) is 13.1. The van der Waals surface area contributed by atoms with Crippen LogP contribution in [0.3, 0.4) is 0 Å². The van der Waals surface area contributed by atoms with E-state index in [1.165, 1.54) is 10.4 Å². The number of hydrogen-bond donors (Lipinski definition) is 0. The molecule has 7 heteroatoms. The quantitative estimate of drug-likeness (QED) is 0.172. The molecule has 0 saturated carbocycles. The van der Waals surface area contributed by atoms with Crippen LogP contribution < -0.4 is 10.4 Å². The van der Waals surface area contributed by atoms with Crippen molar-refractivity contribution in [2.45, 2.75) is 72.6 Å². The van der Waals surface area contributed by atoms with E-state index in [-0.39, 0.29) is 23.6 Å². The average molecular weight is 519 g/mol. The first-order valence-electron chi connectivity index (χ1n) is 12.4. The van der Waals surface area contributed by atoms with Gasteiger partial charge in [-0.15, -0.1) is 0 Å². The monoisotopic (exact) mass is 518 g/mol. The van der Waals surface area contributed by atoms with Gasteiger partial charge in [0.05, 0.1) is 25.4 Å². The van der Waals surface area contributed by atoms with E-state index in [4.69, 9.17) is 18.2 Å². The molecule has 5 nitrogen and oxygen atoms in total. The lowest BCUT2D eigenvalue weighted by molar-refractivity contribution is 0.104. The fraction of sp³-hybridized carbons (Fsp3) is 0.500. The zero-order valence-electron chi connectivity index (χ0n) is 22.6. The smallest absolute Gasteiger partial charge is 0.356 e. The Balaban J connectivity index is 2.25. The van der Waals surface area contributed by atoms with E-state index >= 15 is 0 Å². The van der Waals surface area contributed by atoms with Crippen molar-refractivity contribution < 1.29 is 22.8 Å². The predicted octanol–water partition coefficient (Wildman–Crippen LogP) is 6.53. The number of rotatable bonds is 13. The fourth-order valence-electron chi connectivity index (χ4n) is 4.19. The average Bonchev–Trinajstić information content (AvgIpc) is 2.77. The fourth-order valence-corrected chi connectivity index (χ4v) is 10.5. The molecule has 0 aromatic heterocycles. The lowest BCUT2D eigenvalue weighted by Crippen LogP contribution is -2.66. The maximum atomic E-state index is 13.1. The van der Waals surface area contributed by atoms with Crippen molar-refractivity contribution >= 4 is 26.3 Å². The van der Waals surface area contributed by atoms with Gasteiger partial charge in [0.25, 0.3) is 8.32 Å². The largest absolute Gasteiger partial charge is 0.403 e. The Bertz CT molecular complexity index is 914. The standard InChI is InChI=1S/C28H43O5PSi/c1-9-25(20-30-22-34(29,32-23(2)3)33-24(4)5)21-31-35(28(6,7)8,26-16-12-10-13-17-26)27-18-14-11-15-19-27/h9-19,23-24H,20-22H2,1-8H3. The zero-order valence-corrected chi connectivity index (χ0v) is 24.5. The van der Waals surface area contributed by atoms with E-state index in [1.807, 2.05) is 52.8 Å². The first-order valence-corrected chi connectivity index (χ1v) is 16.0. The van der Waals surface area contributed by atoms with Gasteiger partial charge in [-0.05, 0) is 55.6 Å². The minimum absolute atomic E-state index is 0.0973. The number of ether oxygens (including phenoxy) is 1. The molecule has 0 aliphatic heterocycles. The summed E-state index contributed by atoms with van der Waals surface area (Å²) in [6.45, 7) is 16.8. The Labute approximate surface area is 213 Å². The first-order chi connectivity index (χ1) is 16.4. The summed E-state index contributed by atoms with van der Waals surface area (Å²) in [4.78, 5) is 0. The van der Waals surface area contributed by atoms with Gasteiger partial charge in [0.1, 0.15) is 6.35 Å². The molecular formula is C28H43O5PSi. The molecule has 35 heavy (non-hydrogen) atoms. The Morgan fingerprint density at radius 3 is 1.69 bits per heavy atom. The molecule has 0 fully saturated rings. The lowest BCUT2D eigenvalue weighted by Gasteiger charge is -2.43. The van der Waals surface area contributed by atoms with Crippen LogP contribution in [0.4, 0.5) is 0 Å². The molecule has 0 aliphatic rings. The molecule has 2 aromatic carbocycles. The van der Waals surface area contributed by atoms with Gasteiger partial charge in [0.2, 0.25) is 0 Å². The summed E-state index contributed by atoms with van der Waals surface area (Å²) in [5.41, 5.74) is 0.985. The van der Waals surface area contributed by atoms with E-state index in [9.17, 15) is 4.57 Å². The summed E-state index contributed by atoms with van der Waals surface area (Å²) in [5.74, 6) is 0. The van der Waals surface area contributed by atoms with Crippen LogP contribution in [0, 0.1) is 0 Å². The molecule has 0 radical (unpaired) electrons. The van der Waals surface area contributed by atoms with Crippen LogP contribution in [0.5, 0.6) is 0 Å². The Kier molecular flexibility index (Phi) is 11.1. The third-order valence-electron chi connectivity index (χ3n) is 5.58. The lowest BCUT2D eigenvalue weighted by atomic mass is 10.2. The zero-order chi connectivity index (χ0) is 26.1. The van der Waals surface area contributed by atoms with Crippen molar-refractivity contribution in [3.63, 3.8) is 0 Å². The van der Waals surface area contributed by atoms with E-state index in [0.29, 0.717) is 13.2 Å². The van der Waals surface area contributed by atoms with Gasteiger partial charge in [0, 0.05) is 0 Å². The molecule has 0 saturated heterocycles. The molecule has 2 rings (SSSR count). The number of hydrogen-bond acceptors (Lipinski definition) is 5. The van der Waals surface area contributed by atoms with Crippen molar-refractivity contribution in [1.82, 2.24) is 0 Å². The third-order valence-corrected chi connectivity index (χ3v) is 12.5. The Morgan fingerprint density at radius 1 is 0.857 bits per heavy atom. The van der Waals surface area contributed by atoms with Gasteiger partial charge in [0.15, 0.2) is 0 Å². The molecule has 0 amide bonds. The van der Waals surface area contributed by atoms with Gasteiger partial charge in [-0.2, -0.15) is 0 Å². The highest BCUT2D eigenvalue weighted by Crippen LogP contribution is 2.50. The normalized spacial score (nSPS) is 13.6. The predicted molar refractivity (Wildman–Crippen MR) is 148 cm³/mol. The molecule has 0 N–H and O–H groups in total. The molecule has 0 aliphatic carbocycles. The summed E-state index contributed by atoms with van der Waals surface area (Å²) in [7, 11) is -6.00. The van der Waals surface area contributed by atoms with Crippen molar-refractivity contribution in [1.29, 1.82) is 0 Å². The number of benzene rings is 2. The second-order valence-electron chi connectivity index (χ2n) is 10.3. The maximum Gasteiger partial charge on any atom is 0.356 e. The van der Waals surface area contributed by atoms with E-state index in [1.54, 1.807) is 0 Å². The minimum atomic E-state index is -3.35. The van der Waals surface area contributed by atoms with Crippen molar-refractivity contribution in [3.05, 3.63) is 72.3 Å². The molecule has 0 heterocycles. The van der Waals surface area contributed by atoms with Gasteiger partial charge in [-0.3, -0.25) is 4.57 Å². The van der Waals surface area contributed by atoms with Gasteiger partial charge >= 0.3 is 7.60 Å². The highest BCUT2D eigenvalue weighted by Gasteiger charge is 2.50. The van der Waals surface area contributed by atoms with Crippen LogP contribution in [0.25, 0.3) is 0 Å². The van der Waals surface area contributed by atoms with E-state index in [2.05, 4.69) is 69.3 Å². The Morgan fingerprint density at radius 2 is 1.31 bits per heavy atom. The molecule has 194 valence electrons. The summed E-state index contributed by atoms with van der Waals surface area (Å²) in [6, 6.07) is 21.1. The third kappa shape index (κ3) is 8.24. The molecule has 0 atom stereocenters. The van der Waals surface area contributed by atoms with Crippen LogP contribution >= 0.6 is 7.60 Å². The van der Waals surface area contributed by atoms with E-state index in [0.717, 1.165) is 5.57 Å². The Hall–Kier alpha value is -1.53. The van der Waals surface area contributed by atoms with Crippen LogP contribution in [0.15, 0.2) is 72.3 Å². The molecule has 2 aromatic rings. The summed E-state index contributed by atoms with van der Waals surface area (Å²) in [6.07, 6.45) is 1.47. The van der Waals surface area contributed by atoms with Crippen molar-refractivity contribution in [3.8, 4) is 0 Å². The van der Waals surface area contributed by atoms with Gasteiger partial charge < -0.3 is 18.2 Å². The molecule has 0 spiro atoms. The minimum Gasteiger partial charge on any atom is -0.403 e. The topological polar surface area (TPSA) is 54.0 Å². The van der Waals surface area contributed by atoms with Crippen LogP contribution in [-0.2, 0) is 22.8 Å². The van der Waals surface area contributed by atoms with Crippen molar-refractivity contribution in [2.75, 3.05) is 19.6 Å². The van der Waals surface area contributed by atoms with Gasteiger partial charge in [-0.25, -0.2) is 0 Å². The maximum absolute atomic E-state index is 13.1. The first kappa shape index (κ1) is 29.7. The molecule has 0 bridgehead atoms. The molecule has 0 unspecified atom stereocenters. The second-order valence-corrected chi connectivity index (χ2v) is 16.5. The molecular weight excluding hydrogens is 475 g/mol. The SMILES string of the molecule is CC=C(COCP(=O)(OC(C)C)OC(C)C)CO[Si](c1ccccc1)(c1ccccc1)C(C)(C)C. The highest BCUT2D eigenvalue weighted by molar-refractivity contribution is 7.53. The summed E-state index contributed by atoms with van der Waals surface area (Å²) < 4.78 is 37.2. The van der Waals surface area contributed by atoms with Crippen LogP contribution in [-0.4, -0.2) is 40.1 Å².